The molecule has 7 nitrogen and oxygen atoms in total. The molecule has 7 heteroatoms. The van der Waals surface area contributed by atoms with Crippen molar-refractivity contribution in [2.75, 3.05) is 7.11 Å². The van der Waals surface area contributed by atoms with E-state index in [1.165, 1.54) is 7.11 Å². The molecule has 1 heterocycles. The lowest BCUT2D eigenvalue weighted by Crippen LogP contribution is -2.50. The first kappa shape index (κ1) is 20.4. The van der Waals surface area contributed by atoms with Crippen molar-refractivity contribution in [3.63, 3.8) is 0 Å². The van der Waals surface area contributed by atoms with Gasteiger partial charge in [-0.2, -0.15) is 0 Å². The summed E-state index contributed by atoms with van der Waals surface area (Å²) < 4.78 is 4.77. The first-order valence-electron chi connectivity index (χ1n) is 8.30. The van der Waals surface area contributed by atoms with Gasteiger partial charge in [0, 0.05) is 11.5 Å². The molecule has 0 aromatic carbocycles. The van der Waals surface area contributed by atoms with E-state index in [9.17, 15) is 14.4 Å². The minimum Gasteiger partial charge on any atom is -0.467 e. The van der Waals surface area contributed by atoms with E-state index in [2.05, 4.69) is 10.6 Å². The van der Waals surface area contributed by atoms with Crippen molar-refractivity contribution in [3.8, 4) is 0 Å². The van der Waals surface area contributed by atoms with Crippen molar-refractivity contribution >= 4 is 17.8 Å². The Hall–Kier alpha value is -1.63. The van der Waals surface area contributed by atoms with E-state index >= 15 is 0 Å². The van der Waals surface area contributed by atoms with Crippen LogP contribution in [-0.4, -0.2) is 42.5 Å². The predicted octanol–water partition coefficient (Wildman–Crippen LogP) is 0.713. The monoisotopic (exact) mass is 341 g/mol. The molecule has 24 heavy (non-hydrogen) atoms. The summed E-state index contributed by atoms with van der Waals surface area (Å²) in [5.74, 6) is -1.42. The Labute approximate surface area is 144 Å². The fourth-order valence-electron chi connectivity index (χ4n) is 3.06. The van der Waals surface area contributed by atoms with Gasteiger partial charge in [-0.1, -0.05) is 20.8 Å². The molecule has 0 aromatic rings. The predicted molar refractivity (Wildman–Crippen MR) is 90.9 cm³/mol. The van der Waals surface area contributed by atoms with Gasteiger partial charge in [-0.25, -0.2) is 4.79 Å². The molecule has 3 atom stereocenters. The van der Waals surface area contributed by atoms with Crippen LogP contribution in [0.15, 0.2) is 0 Å². The Kier molecular flexibility index (Phi) is 6.38. The molecule has 138 valence electrons. The number of amides is 2. The Morgan fingerprint density at radius 3 is 2.42 bits per heavy atom. The van der Waals surface area contributed by atoms with Crippen molar-refractivity contribution < 1.29 is 19.1 Å². The number of carbonyl (C=O) groups excluding carboxylic acids is 3. The third-order valence-corrected chi connectivity index (χ3v) is 4.08. The van der Waals surface area contributed by atoms with Crippen molar-refractivity contribution in [2.45, 2.75) is 71.5 Å². The van der Waals surface area contributed by atoms with Gasteiger partial charge in [0.25, 0.3) is 0 Å². The lowest BCUT2D eigenvalue weighted by molar-refractivity contribution is -0.146. The highest BCUT2D eigenvalue weighted by Crippen LogP contribution is 2.28. The Balaban J connectivity index is 2.75. The van der Waals surface area contributed by atoms with Crippen LogP contribution >= 0.6 is 0 Å². The molecule has 1 aliphatic heterocycles. The lowest BCUT2D eigenvalue weighted by Gasteiger charge is -2.25. The number of nitrogens with two attached hydrogens (primary N) is 1. The second-order valence-electron chi connectivity index (χ2n) is 8.47. The van der Waals surface area contributed by atoms with Crippen LogP contribution in [-0.2, 0) is 19.1 Å². The second kappa shape index (κ2) is 7.51. The van der Waals surface area contributed by atoms with Crippen LogP contribution < -0.4 is 16.4 Å². The average Bonchev–Trinajstić information content (AvgIpc) is 2.67. The van der Waals surface area contributed by atoms with Crippen LogP contribution in [0.2, 0.25) is 0 Å². The fourth-order valence-corrected chi connectivity index (χ4v) is 3.06. The van der Waals surface area contributed by atoms with E-state index in [1.807, 2.05) is 34.6 Å². The van der Waals surface area contributed by atoms with Crippen LogP contribution in [0.5, 0.6) is 0 Å². The third kappa shape index (κ3) is 6.11. The molecule has 4 N–H and O–H groups in total. The van der Waals surface area contributed by atoms with Gasteiger partial charge >= 0.3 is 5.97 Å². The summed E-state index contributed by atoms with van der Waals surface area (Å²) >= 11 is 0. The highest BCUT2D eigenvalue weighted by molar-refractivity contribution is 5.88. The van der Waals surface area contributed by atoms with Gasteiger partial charge in [0.05, 0.1) is 13.2 Å². The number of ether oxygens (including phenoxy) is 1. The largest absolute Gasteiger partial charge is 0.467 e. The number of hydrogen-bond donors (Lipinski definition) is 3. The fraction of sp³-hybridized carbons (Fsp3) is 0.824. The van der Waals surface area contributed by atoms with E-state index in [4.69, 9.17) is 10.5 Å². The molecule has 0 radical (unpaired) electrons. The maximum Gasteiger partial charge on any atom is 0.328 e. The summed E-state index contributed by atoms with van der Waals surface area (Å²) in [7, 11) is 1.26. The minimum atomic E-state index is -0.877. The number of hydrogen-bond acceptors (Lipinski definition) is 5. The summed E-state index contributed by atoms with van der Waals surface area (Å²) in [6.07, 6.45) is 1.29. The molecule has 1 fully saturated rings. The third-order valence-electron chi connectivity index (χ3n) is 4.08. The molecule has 0 aromatic heterocycles. The second-order valence-corrected chi connectivity index (χ2v) is 8.47. The van der Waals surface area contributed by atoms with Gasteiger partial charge in [-0.3, -0.25) is 9.59 Å². The van der Waals surface area contributed by atoms with E-state index in [1.54, 1.807) is 0 Å². The van der Waals surface area contributed by atoms with Gasteiger partial charge in [0.2, 0.25) is 11.8 Å². The topological polar surface area (TPSA) is 111 Å². The quantitative estimate of drug-likeness (QED) is 0.616. The summed E-state index contributed by atoms with van der Waals surface area (Å²) in [4.78, 5) is 36.3. The molecule has 1 rings (SSSR count). The normalized spacial score (nSPS) is 22.5. The number of methoxy groups -OCH3 is 1. The Morgan fingerprint density at radius 2 is 2.00 bits per heavy atom. The maximum absolute atomic E-state index is 12.3. The number of carbonyl (C=O) groups is 3. The Bertz CT molecular complexity index is 497. The lowest BCUT2D eigenvalue weighted by atomic mass is 9.87. The van der Waals surface area contributed by atoms with Gasteiger partial charge in [-0.05, 0) is 38.5 Å². The van der Waals surface area contributed by atoms with Gasteiger partial charge in [0.15, 0.2) is 0 Å². The highest BCUT2D eigenvalue weighted by atomic mass is 16.5. The minimum absolute atomic E-state index is 0.104. The molecule has 0 aliphatic carbocycles. The van der Waals surface area contributed by atoms with E-state index in [-0.39, 0.29) is 29.2 Å². The molecule has 0 saturated carbocycles. The molecule has 0 bridgehead atoms. The summed E-state index contributed by atoms with van der Waals surface area (Å²) in [6, 6.07) is -1.59. The zero-order chi connectivity index (χ0) is 18.7. The van der Waals surface area contributed by atoms with E-state index < -0.39 is 24.0 Å². The van der Waals surface area contributed by atoms with Crippen LogP contribution in [0, 0.1) is 11.3 Å². The van der Waals surface area contributed by atoms with Gasteiger partial charge < -0.3 is 21.1 Å². The zero-order valence-electron chi connectivity index (χ0n) is 15.6. The first-order valence-corrected chi connectivity index (χ1v) is 8.30. The molecule has 0 spiro atoms. The molecular weight excluding hydrogens is 310 g/mol. The molecular formula is C17H31N3O4. The molecule has 1 aliphatic rings. The zero-order valence-corrected chi connectivity index (χ0v) is 15.6. The van der Waals surface area contributed by atoms with Crippen molar-refractivity contribution in [2.24, 2.45) is 17.1 Å². The van der Waals surface area contributed by atoms with Crippen LogP contribution in [0.3, 0.4) is 0 Å². The van der Waals surface area contributed by atoms with Crippen molar-refractivity contribution in [1.82, 2.24) is 10.6 Å². The average molecular weight is 341 g/mol. The summed E-state index contributed by atoms with van der Waals surface area (Å²) in [5, 5.41) is 5.53. The first-order chi connectivity index (χ1) is 10.8. The summed E-state index contributed by atoms with van der Waals surface area (Å²) in [5.41, 5.74) is 5.51. The van der Waals surface area contributed by atoms with E-state index in [0.29, 0.717) is 12.8 Å². The molecule has 1 saturated heterocycles. The van der Waals surface area contributed by atoms with Crippen LogP contribution in [0.1, 0.15) is 53.9 Å². The van der Waals surface area contributed by atoms with Crippen LogP contribution in [0.4, 0.5) is 0 Å². The summed E-state index contributed by atoms with van der Waals surface area (Å²) in [6.45, 7) is 9.82. The maximum atomic E-state index is 12.3. The van der Waals surface area contributed by atoms with Crippen molar-refractivity contribution in [1.29, 1.82) is 0 Å². The van der Waals surface area contributed by atoms with Gasteiger partial charge in [-0.15, -0.1) is 0 Å². The standard InChI is InChI=1S/C17H31N3O4/c1-16(2,3)9-11(18)14(22)19-12(15(23)24-6)7-10-8-17(4,5)20-13(10)21/h10-12H,7-9,18H2,1-6H3,(H,19,22)(H,20,21)/t10-,11+,12+/m1/s1. The number of esters is 1. The Morgan fingerprint density at radius 1 is 1.42 bits per heavy atom. The van der Waals surface area contributed by atoms with E-state index in [0.717, 1.165) is 0 Å². The number of rotatable bonds is 6. The smallest absolute Gasteiger partial charge is 0.328 e. The number of nitrogens with one attached hydrogen (secondary N) is 2. The SMILES string of the molecule is COC(=O)[C@H](C[C@@H]1CC(C)(C)NC1=O)NC(=O)[C@@H](N)CC(C)(C)C. The molecule has 2 amide bonds. The van der Waals surface area contributed by atoms with Gasteiger partial charge in [0.1, 0.15) is 6.04 Å². The van der Waals surface area contributed by atoms with Crippen molar-refractivity contribution in [3.05, 3.63) is 0 Å². The molecule has 0 unspecified atom stereocenters. The van der Waals surface area contributed by atoms with Crippen LogP contribution in [0.25, 0.3) is 0 Å². The highest BCUT2D eigenvalue weighted by Gasteiger charge is 2.40.